The molecule has 0 atom stereocenters. The molecule has 2 fully saturated rings. The Labute approximate surface area is 204 Å². The third-order valence-corrected chi connectivity index (χ3v) is 5.81. The number of aliphatic imine (C=N–C) groups is 1. The highest BCUT2D eigenvalue weighted by Gasteiger charge is 2.24. The second-order valence-corrected chi connectivity index (χ2v) is 8.76. The van der Waals surface area contributed by atoms with Crippen molar-refractivity contribution in [2.75, 3.05) is 52.4 Å². The summed E-state index contributed by atoms with van der Waals surface area (Å²) in [5.41, 5.74) is 0. The number of carbonyl (C=O) groups is 1. The summed E-state index contributed by atoms with van der Waals surface area (Å²) in [6, 6.07) is 0. The summed E-state index contributed by atoms with van der Waals surface area (Å²) in [7, 11) is 0. The van der Waals surface area contributed by atoms with Crippen LogP contribution in [0.25, 0.3) is 0 Å². The highest BCUT2D eigenvalue weighted by atomic mass is 127. The Morgan fingerprint density at radius 1 is 1.10 bits per heavy atom. The Morgan fingerprint density at radius 2 is 1.81 bits per heavy atom. The minimum Gasteiger partial charge on any atom is -0.357 e. The number of hydrogen-bond acceptors (Lipinski definition) is 4. The molecule has 0 radical (unpaired) electrons. The van der Waals surface area contributed by atoms with Gasteiger partial charge in [-0.25, -0.2) is 9.98 Å². The molecule has 0 bridgehead atoms. The van der Waals surface area contributed by atoms with E-state index in [9.17, 15) is 4.79 Å². The van der Waals surface area contributed by atoms with Crippen molar-refractivity contribution in [1.29, 1.82) is 0 Å². The molecule has 0 aliphatic carbocycles. The van der Waals surface area contributed by atoms with E-state index in [1.54, 1.807) is 0 Å². The topological polar surface area (TPSA) is 69.0 Å². The number of nitrogens with zero attached hydrogens (tertiary/aromatic N) is 6. The fourth-order valence-corrected chi connectivity index (χ4v) is 4.18. The van der Waals surface area contributed by atoms with Crippen molar-refractivity contribution < 1.29 is 4.79 Å². The third kappa shape index (κ3) is 7.93. The molecular formula is C22H40IN7O. The first kappa shape index (κ1) is 25.9. The largest absolute Gasteiger partial charge is 0.357 e. The Morgan fingerprint density at radius 3 is 2.45 bits per heavy atom. The van der Waals surface area contributed by atoms with Crippen molar-refractivity contribution in [3.8, 4) is 0 Å². The van der Waals surface area contributed by atoms with Crippen LogP contribution in [-0.4, -0.2) is 88.5 Å². The molecule has 3 rings (SSSR count). The number of guanidine groups is 1. The van der Waals surface area contributed by atoms with Crippen LogP contribution in [0, 0.1) is 5.92 Å². The summed E-state index contributed by atoms with van der Waals surface area (Å²) >= 11 is 0. The molecule has 9 heteroatoms. The molecular weight excluding hydrogens is 505 g/mol. The van der Waals surface area contributed by atoms with Crippen molar-refractivity contribution in [3.05, 3.63) is 18.2 Å². The standard InChI is InChI=1S/C22H39N7O.HI/c1-4-23-22(25-16-20-24-8-11-29(20)17-19(2)3)28-14-12-26(13-15-28)18-21(30)27-9-6-5-7-10-27;/h8,11,19H,4-7,9-10,12-18H2,1-3H3,(H,23,25);1H. The molecule has 2 aliphatic rings. The van der Waals surface area contributed by atoms with Crippen LogP contribution in [0.2, 0.25) is 0 Å². The molecule has 1 amide bonds. The van der Waals surface area contributed by atoms with Gasteiger partial charge in [-0.2, -0.15) is 0 Å². The number of amides is 1. The summed E-state index contributed by atoms with van der Waals surface area (Å²) in [5, 5.41) is 3.43. The van der Waals surface area contributed by atoms with E-state index in [0.29, 0.717) is 24.9 Å². The second-order valence-electron chi connectivity index (χ2n) is 8.76. The predicted octanol–water partition coefficient (Wildman–Crippen LogP) is 2.25. The monoisotopic (exact) mass is 545 g/mol. The van der Waals surface area contributed by atoms with Crippen molar-refractivity contribution in [1.82, 2.24) is 29.6 Å². The number of imidazole rings is 1. The normalized spacial score (nSPS) is 18.3. The van der Waals surface area contributed by atoms with Gasteiger partial charge in [-0.05, 0) is 32.1 Å². The van der Waals surface area contributed by atoms with Crippen LogP contribution in [0.15, 0.2) is 17.4 Å². The van der Waals surface area contributed by atoms with Gasteiger partial charge < -0.3 is 19.7 Å². The minimum absolute atomic E-state index is 0. The van der Waals surface area contributed by atoms with Crippen LogP contribution >= 0.6 is 24.0 Å². The number of carbonyl (C=O) groups excluding carboxylic acids is 1. The van der Waals surface area contributed by atoms with Crippen molar-refractivity contribution >= 4 is 35.8 Å². The maximum atomic E-state index is 12.6. The third-order valence-electron chi connectivity index (χ3n) is 5.81. The summed E-state index contributed by atoms with van der Waals surface area (Å²) in [6.07, 6.45) is 7.45. The number of rotatable bonds is 7. The number of halogens is 1. The number of hydrogen-bond donors (Lipinski definition) is 1. The summed E-state index contributed by atoms with van der Waals surface area (Å²) in [6.45, 7) is 14.9. The van der Waals surface area contributed by atoms with Crippen LogP contribution in [0.4, 0.5) is 0 Å². The Hall–Kier alpha value is -1.36. The van der Waals surface area contributed by atoms with Gasteiger partial charge >= 0.3 is 0 Å². The van der Waals surface area contributed by atoms with Gasteiger partial charge in [-0.1, -0.05) is 13.8 Å². The van der Waals surface area contributed by atoms with E-state index in [4.69, 9.17) is 4.99 Å². The fourth-order valence-electron chi connectivity index (χ4n) is 4.18. The quantitative estimate of drug-likeness (QED) is 0.324. The summed E-state index contributed by atoms with van der Waals surface area (Å²) < 4.78 is 2.20. The molecule has 0 saturated carbocycles. The molecule has 0 aromatic carbocycles. The zero-order chi connectivity index (χ0) is 21.3. The van der Waals surface area contributed by atoms with Crippen LogP contribution in [0.3, 0.4) is 0 Å². The molecule has 0 unspecified atom stereocenters. The Kier molecular flexibility index (Phi) is 11.1. The Balaban J connectivity index is 0.00000341. The van der Waals surface area contributed by atoms with Crippen LogP contribution < -0.4 is 5.32 Å². The minimum atomic E-state index is 0. The lowest BCUT2D eigenvalue weighted by Gasteiger charge is -2.37. The average molecular weight is 546 g/mol. The molecule has 2 saturated heterocycles. The molecule has 1 N–H and O–H groups in total. The highest BCUT2D eigenvalue weighted by Crippen LogP contribution is 2.11. The first-order valence-corrected chi connectivity index (χ1v) is 11.6. The van der Waals surface area contributed by atoms with Crippen LogP contribution in [-0.2, 0) is 17.9 Å². The van der Waals surface area contributed by atoms with Gasteiger partial charge in [0.05, 0.1) is 6.54 Å². The van der Waals surface area contributed by atoms with Gasteiger partial charge in [0.1, 0.15) is 12.4 Å². The molecule has 31 heavy (non-hydrogen) atoms. The molecule has 8 nitrogen and oxygen atoms in total. The van der Waals surface area contributed by atoms with Crippen LogP contribution in [0.5, 0.6) is 0 Å². The van der Waals surface area contributed by atoms with Crippen molar-refractivity contribution in [3.63, 3.8) is 0 Å². The first-order valence-electron chi connectivity index (χ1n) is 11.6. The van der Waals surface area contributed by atoms with E-state index < -0.39 is 0 Å². The maximum Gasteiger partial charge on any atom is 0.236 e. The van der Waals surface area contributed by atoms with Gasteiger partial charge in [0.2, 0.25) is 5.91 Å². The van der Waals surface area contributed by atoms with Gasteiger partial charge in [0, 0.05) is 64.8 Å². The molecule has 1 aromatic heterocycles. The fraction of sp³-hybridized carbons (Fsp3) is 0.773. The van der Waals surface area contributed by atoms with E-state index in [1.807, 2.05) is 17.3 Å². The lowest BCUT2D eigenvalue weighted by atomic mass is 10.1. The van der Waals surface area contributed by atoms with Crippen LogP contribution in [0.1, 0.15) is 45.9 Å². The van der Waals surface area contributed by atoms with Gasteiger partial charge in [0.25, 0.3) is 0 Å². The molecule has 2 aliphatic heterocycles. The lowest BCUT2D eigenvalue weighted by Crippen LogP contribution is -2.54. The smallest absolute Gasteiger partial charge is 0.236 e. The maximum absolute atomic E-state index is 12.6. The molecule has 176 valence electrons. The van der Waals surface area contributed by atoms with E-state index in [2.05, 4.69) is 45.4 Å². The SMILES string of the molecule is CCNC(=NCc1nccn1CC(C)C)N1CCN(CC(=O)N2CCCCC2)CC1.I. The van der Waals surface area contributed by atoms with Gasteiger partial charge in [-0.15, -0.1) is 24.0 Å². The van der Waals surface area contributed by atoms with E-state index in [-0.39, 0.29) is 24.0 Å². The lowest BCUT2D eigenvalue weighted by molar-refractivity contribution is -0.133. The highest BCUT2D eigenvalue weighted by molar-refractivity contribution is 14.0. The molecule has 3 heterocycles. The molecule has 1 aromatic rings. The van der Waals surface area contributed by atoms with E-state index in [0.717, 1.165) is 77.0 Å². The summed E-state index contributed by atoms with van der Waals surface area (Å²) in [5.74, 6) is 2.82. The number of piperidine rings is 1. The number of piperazine rings is 1. The van der Waals surface area contributed by atoms with Crippen molar-refractivity contribution in [2.45, 2.75) is 53.1 Å². The number of aromatic nitrogens is 2. The number of nitrogens with one attached hydrogen (secondary N) is 1. The van der Waals surface area contributed by atoms with Crippen molar-refractivity contribution in [2.24, 2.45) is 10.9 Å². The Bertz CT molecular complexity index is 692. The zero-order valence-electron chi connectivity index (χ0n) is 19.4. The van der Waals surface area contributed by atoms with Gasteiger partial charge in [0.15, 0.2) is 5.96 Å². The van der Waals surface area contributed by atoms with E-state index in [1.165, 1.54) is 6.42 Å². The first-order chi connectivity index (χ1) is 14.6. The van der Waals surface area contributed by atoms with Gasteiger partial charge in [-0.3, -0.25) is 9.69 Å². The molecule has 0 spiro atoms. The zero-order valence-corrected chi connectivity index (χ0v) is 21.8. The van der Waals surface area contributed by atoms with E-state index >= 15 is 0 Å². The average Bonchev–Trinajstić information content (AvgIpc) is 3.18. The second kappa shape index (κ2) is 13.2. The number of likely N-dealkylation sites (tertiary alicyclic amines) is 1. The summed E-state index contributed by atoms with van der Waals surface area (Å²) in [4.78, 5) is 28.5. The predicted molar refractivity (Wildman–Crippen MR) is 136 cm³/mol.